The van der Waals surface area contributed by atoms with E-state index in [-0.39, 0.29) is 19.8 Å². The van der Waals surface area contributed by atoms with E-state index >= 15 is 0 Å². The molecular formula is C32H60Cl2N2O11S3. The number of carbonyl (C=O) groups is 2. The smallest absolute Gasteiger partial charge is 0.264 e. The summed E-state index contributed by atoms with van der Waals surface area (Å²) in [7, 11) is -4.62. The topological polar surface area (TPSA) is 216 Å². The number of nitrogens with two attached hydrogens (primary N) is 2. The maximum absolute atomic E-state index is 10.8. The van der Waals surface area contributed by atoms with Crippen LogP contribution in [0.5, 0.6) is 0 Å². The highest BCUT2D eigenvalue weighted by molar-refractivity contribution is 7.86. The minimum absolute atomic E-state index is 0. The molecule has 0 aromatic heterocycles. The van der Waals surface area contributed by atoms with Gasteiger partial charge >= 0.3 is 0 Å². The van der Waals surface area contributed by atoms with Gasteiger partial charge in [0.15, 0.2) is 0 Å². The van der Waals surface area contributed by atoms with Crippen molar-refractivity contribution in [3.63, 3.8) is 0 Å². The Morgan fingerprint density at radius 3 is 0.840 bits per heavy atom. The van der Waals surface area contributed by atoms with E-state index in [0.29, 0.717) is 11.1 Å². The van der Waals surface area contributed by atoms with Crippen LogP contribution in [0.25, 0.3) is 0 Å². The van der Waals surface area contributed by atoms with Crippen LogP contribution in [0, 0.1) is 23.7 Å². The van der Waals surface area contributed by atoms with Crippen LogP contribution in [0.2, 0.25) is 0 Å². The molecular weight excluding hydrogens is 755 g/mol. The first kappa shape index (κ1) is 65.8. The third-order valence-corrected chi connectivity index (χ3v) is 7.17. The molecule has 0 radical (unpaired) electrons. The number of hydrogen-bond acceptors (Lipinski definition) is 12. The fourth-order valence-corrected chi connectivity index (χ4v) is 1.29. The van der Waals surface area contributed by atoms with E-state index in [9.17, 15) is 34.8 Å². The summed E-state index contributed by atoms with van der Waals surface area (Å²) in [4.78, 5) is 21.6. The van der Waals surface area contributed by atoms with E-state index in [4.69, 9.17) is 17.3 Å². The molecule has 0 aliphatic carbocycles. The standard InChI is InChI=1S/C12H15ClO.C12H17NO.3C2H6O3S.CH5N.CH4.ClH/c2*1-8(2)9(3)6-7-10(4)11(5)12(13)14;3*1-5-6(2,3)4;1-2;;/h1-5H3;1-5H3,(H2,13,14);3*1-2H3;2H2,1H3;1H4;1H/b2*11-10-;;;;;;. The molecule has 0 heterocycles. The number of rotatable bonds is 5. The Bertz CT molecular complexity index is 1460. The Hall–Kier alpha value is -2.51. The van der Waals surface area contributed by atoms with Gasteiger partial charge in [0.1, 0.15) is 0 Å². The predicted octanol–water partition coefficient (Wildman–Crippen LogP) is 5.03. The molecule has 1 amide bonds. The SMILES string of the molecule is C.CC(C)=C(C)C#C/C(C)=C(/C)C(=O)Cl.CC(C)=C(C)C#C/C(C)=C(/C)C(N)=O.CN.COS(C)(=O)=O.COS(C)(=O)=O.COS(C)(=O)=O.Cl. The van der Waals surface area contributed by atoms with Gasteiger partial charge < -0.3 is 11.5 Å². The first-order chi connectivity index (χ1) is 21.4. The number of allylic oxidation sites excluding steroid dienone is 7. The molecule has 0 saturated carbocycles. The third kappa shape index (κ3) is 54.9. The van der Waals surface area contributed by atoms with Crippen LogP contribution in [0.4, 0.5) is 0 Å². The number of amides is 1. The fourth-order valence-electron chi connectivity index (χ4n) is 1.14. The highest BCUT2D eigenvalue weighted by atomic mass is 35.5. The van der Waals surface area contributed by atoms with Crippen molar-refractivity contribution in [3.05, 3.63) is 44.6 Å². The van der Waals surface area contributed by atoms with Crippen molar-refractivity contribution in [2.75, 3.05) is 47.1 Å². The van der Waals surface area contributed by atoms with Gasteiger partial charge in [0.2, 0.25) is 11.1 Å². The summed E-state index contributed by atoms with van der Waals surface area (Å²) in [6.45, 7) is 18.9. The second kappa shape index (κ2) is 34.9. The Kier molecular flexibility index (Phi) is 46.0. The third-order valence-electron chi connectivity index (χ3n) is 5.07. The van der Waals surface area contributed by atoms with Crippen LogP contribution < -0.4 is 11.5 Å². The summed E-state index contributed by atoms with van der Waals surface area (Å²) >= 11 is 5.32. The molecule has 0 aromatic rings. The van der Waals surface area contributed by atoms with Crippen molar-refractivity contribution in [1.82, 2.24) is 0 Å². The Balaban J connectivity index is -0.0000000759. The molecule has 13 nitrogen and oxygen atoms in total. The lowest BCUT2D eigenvalue weighted by Gasteiger charge is -1.96. The van der Waals surface area contributed by atoms with Crippen molar-refractivity contribution in [2.24, 2.45) is 11.5 Å². The molecule has 4 N–H and O–H groups in total. The highest BCUT2D eigenvalue weighted by Crippen LogP contribution is 2.07. The van der Waals surface area contributed by atoms with Gasteiger partial charge in [-0.15, -0.1) is 12.4 Å². The van der Waals surface area contributed by atoms with Crippen LogP contribution in [0.15, 0.2) is 44.6 Å². The quantitative estimate of drug-likeness (QED) is 0.162. The van der Waals surface area contributed by atoms with Crippen molar-refractivity contribution in [1.29, 1.82) is 0 Å². The van der Waals surface area contributed by atoms with Gasteiger partial charge in [0.25, 0.3) is 30.4 Å². The van der Waals surface area contributed by atoms with E-state index in [1.54, 1.807) is 27.7 Å². The van der Waals surface area contributed by atoms with Crippen molar-refractivity contribution in [2.45, 2.75) is 76.7 Å². The van der Waals surface area contributed by atoms with Crippen LogP contribution in [0.3, 0.4) is 0 Å². The minimum atomic E-state index is -3.16. The van der Waals surface area contributed by atoms with Gasteiger partial charge in [-0.2, -0.15) is 25.3 Å². The lowest BCUT2D eigenvalue weighted by Crippen LogP contribution is -2.12. The predicted molar refractivity (Wildman–Crippen MR) is 210 cm³/mol. The number of carbonyl (C=O) groups excluding carboxylic acids is 2. The summed E-state index contributed by atoms with van der Waals surface area (Å²) in [6.07, 6.45) is 2.98. The Labute approximate surface area is 315 Å². The fraction of sp³-hybridized carbons (Fsp3) is 0.562. The molecule has 0 aliphatic rings. The Morgan fingerprint density at radius 1 is 0.520 bits per heavy atom. The van der Waals surface area contributed by atoms with Crippen molar-refractivity contribution >= 4 is 65.5 Å². The number of hydrogen-bond donors (Lipinski definition) is 2. The van der Waals surface area contributed by atoms with Gasteiger partial charge in [0, 0.05) is 22.3 Å². The average Bonchev–Trinajstić information content (AvgIpc) is 2.98. The first-order valence-electron chi connectivity index (χ1n) is 13.4. The summed E-state index contributed by atoms with van der Waals surface area (Å²) in [6, 6.07) is 0. The monoisotopic (exact) mass is 814 g/mol. The molecule has 18 heteroatoms. The molecule has 0 unspecified atom stereocenters. The number of halogens is 2. The van der Waals surface area contributed by atoms with Crippen LogP contribution in [-0.4, -0.2) is 83.5 Å². The zero-order chi connectivity index (χ0) is 40.2. The molecule has 296 valence electrons. The summed E-state index contributed by atoms with van der Waals surface area (Å²) < 4.78 is 70.4. The van der Waals surface area contributed by atoms with E-state index < -0.39 is 41.5 Å². The summed E-state index contributed by atoms with van der Waals surface area (Å²) in [5, 5.41) is -0.438. The zero-order valence-corrected chi connectivity index (χ0v) is 35.7. The largest absolute Gasteiger partial charge is 0.366 e. The van der Waals surface area contributed by atoms with Gasteiger partial charge in [-0.25, -0.2) is 0 Å². The van der Waals surface area contributed by atoms with Gasteiger partial charge in [-0.3, -0.25) is 22.1 Å². The summed E-state index contributed by atoms with van der Waals surface area (Å²) in [5.74, 6) is 11.4. The molecule has 0 aliphatic heterocycles. The molecule has 0 fully saturated rings. The van der Waals surface area contributed by atoms with Crippen molar-refractivity contribution in [3.8, 4) is 23.7 Å². The van der Waals surface area contributed by atoms with Gasteiger partial charge in [-0.05, 0) is 99.0 Å². The zero-order valence-electron chi connectivity index (χ0n) is 31.7. The van der Waals surface area contributed by atoms with E-state index in [0.717, 1.165) is 62.4 Å². The molecule has 0 saturated heterocycles. The molecule has 0 spiro atoms. The normalized spacial score (nSPS) is 10.5. The molecule has 50 heavy (non-hydrogen) atoms. The lowest BCUT2D eigenvalue weighted by molar-refractivity contribution is -0.114. The molecule has 0 atom stereocenters. The second-order valence-electron chi connectivity index (χ2n) is 9.50. The highest BCUT2D eigenvalue weighted by Gasteiger charge is 2.01. The summed E-state index contributed by atoms with van der Waals surface area (Å²) in [5.41, 5.74) is 16.5. The molecule has 0 rings (SSSR count). The van der Waals surface area contributed by atoms with Crippen molar-refractivity contribution < 1.29 is 47.4 Å². The Morgan fingerprint density at radius 2 is 0.700 bits per heavy atom. The number of primary amides is 1. The van der Waals surface area contributed by atoms with Gasteiger partial charge in [-0.1, -0.05) is 42.3 Å². The second-order valence-corrected chi connectivity index (χ2v) is 15.1. The maximum atomic E-state index is 10.8. The maximum Gasteiger partial charge on any atom is 0.264 e. The van der Waals surface area contributed by atoms with Gasteiger partial charge in [0.05, 0.1) is 40.1 Å². The van der Waals surface area contributed by atoms with Crippen LogP contribution >= 0.6 is 24.0 Å². The first-order valence-corrected chi connectivity index (χ1v) is 19.2. The van der Waals surface area contributed by atoms with E-state index in [2.05, 4.69) is 42.0 Å². The van der Waals surface area contributed by atoms with E-state index in [1.807, 2.05) is 41.5 Å². The molecule has 0 aromatic carbocycles. The minimum Gasteiger partial charge on any atom is -0.366 e. The average molecular weight is 816 g/mol. The van der Waals surface area contributed by atoms with Crippen LogP contribution in [-0.2, 0) is 52.5 Å². The van der Waals surface area contributed by atoms with E-state index in [1.165, 1.54) is 18.2 Å². The lowest BCUT2D eigenvalue weighted by atomic mass is 10.1. The molecule has 0 bridgehead atoms. The van der Waals surface area contributed by atoms with Crippen LogP contribution in [0.1, 0.15) is 76.7 Å².